The molecule has 0 spiro atoms. The van der Waals surface area contributed by atoms with Crippen LogP contribution in [0, 0.1) is 11.6 Å². The van der Waals surface area contributed by atoms with Gasteiger partial charge in [0.15, 0.2) is 0 Å². The van der Waals surface area contributed by atoms with E-state index in [2.05, 4.69) is 10.1 Å². The minimum absolute atomic E-state index is 0.115. The van der Waals surface area contributed by atoms with Crippen molar-refractivity contribution in [3.63, 3.8) is 0 Å². The smallest absolute Gasteiger partial charge is 0.206 e. The van der Waals surface area contributed by atoms with Gasteiger partial charge in [0.25, 0.3) is 0 Å². The third-order valence-electron chi connectivity index (χ3n) is 4.51. The summed E-state index contributed by atoms with van der Waals surface area (Å²) in [5, 5.41) is 6.31. The molecule has 0 radical (unpaired) electrons. The van der Waals surface area contributed by atoms with E-state index in [1.54, 1.807) is 4.68 Å². The molecule has 0 unspecified atom stereocenters. The molecule has 28 heavy (non-hydrogen) atoms. The van der Waals surface area contributed by atoms with Crippen molar-refractivity contribution in [1.82, 2.24) is 4.68 Å². The maximum Gasteiger partial charge on any atom is 0.206 e. The van der Waals surface area contributed by atoms with Gasteiger partial charge in [-0.2, -0.15) is 5.10 Å². The molecule has 1 aliphatic heterocycles. The van der Waals surface area contributed by atoms with Crippen LogP contribution in [0.1, 0.15) is 18.4 Å². The first-order valence-corrected chi connectivity index (χ1v) is 9.97. The third kappa shape index (κ3) is 4.10. The summed E-state index contributed by atoms with van der Waals surface area (Å²) in [6.45, 7) is 1.31. The van der Waals surface area contributed by atoms with Crippen molar-refractivity contribution < 1.29 is 13.5 Å². The third-order valence-corrected chi connectivity index (χ3v) is 5.37. The molecular formula is C21H19F2N3OS. The van der Waals surface area contributed by atoms with E-state index >= 15 is 0 Å². The van der Waals surface area contributed by atoms with Crippen molar-refractivity contribution in [3.8, 4) is 11.3 Å². The Labute approximate surface area is 165 Å². The predicted octanol–water partition coefficient (Wildman–Crippen LogP) is 4.46. The summed E-state index contributed by atoms with van der Waals surface area (Å²) in [6, 6.07) is 13.5. The molecule has 1 saturated heterocycles. The lowest BCUT2D eigenvalue weighted by atomic mass is 10.2. The van der Waals surface area contributed by atoms with Crippen LogP contribution in [0.15, 0.2) is 64.0 Å². The molecule has 7 heteroatoms. The number of hydrogen-bond donors (Lipinski definition) is 0. The number of aromatic nitrogens is 1. The van der Waals surface area contributed by atoms with Crippen molar-refractivity contribution in [2.75, 3.05) is 13.2 Å². The molecule has 3 aromatic rings. The summed E-state index contributed by atoms with van der Waals surface area (Å²) in [6.07, 6.45) is 3.35. The van der Waals surface area contributed by atoms with Gasteiger partial charge in [0, 0.05) is 17.6 Å². The quantitative estimate of drug-likeness (QED) is 0.584. The molecule has 0 saturated carbocycles. The molecule has 1 aliphatic rings. The van der Waals surface area contributed by atoms with E-state index in [1.165, 1.54) is 35.8 Å². The molecule has 4 nitrogen and oxygen atoms in total. The zero-order valence-electron chi connectivity index (χ0n) is 15.1. The number of benzene rings is 2. The monoisotopic (exact) mass is 399 g/mol. The molecule has 1 fully saturated rings. The van der Waals surface area contributed by atoms with Gasteiger partial charge < -0.3 is 4.74 Å². The molecular weight excluding hydrogens is 380 g/mol. The maximum absolute atomic E-state index is 14.0. The number of hydrogen-bond acceptors (Lipinski definition) is 4. The Morgan fingerprint density at radius 3 is 2.61 bits per heavy atom. The summed E-state index contributed by atoms with van der Waals surface area (Å²) in [4.78, 5) is 5.30. The van der Waals surface area contributed by atoms with Gasteiger partial charge in [0.1, 0.15) is 11.6 Å². The van der Waals surface area contributed by atoms with Gasteiger partial charge in [0.2, 0.25) is 4.80 Å². The molecule has 0 aliphatic carbocycles. The van der Waals surface area contributed by atoms with Crippen LogP contribution >= 0.6 is 11.3 Å². The average Bonchev–Trinajstić information content (AvgIpc) is 3.36. The Kier molecular flexibility index (Phi) is 5.73. The van der Waals surface area contributed by atoms with Crippen LogP contribution in [0.2, 0.25) is 0 Å². The first-order chi connectivity index (χ1) is 13.7. The van der Waals surface area contributed by atoms with Crippen LogP contribution < -0.4 is 4.80 Å². The largest absolute Gasteiger partial charge is 0.376 e. The van der Waals surface area contributed by atoms with Gasteiger partial charge >= 0.3 is 0 Å². The summed E-state index contributed by atoms with van der Waals surface area (Å²) in [5.41, 5.74) is 1.58. The van der Waals surface area contributed by atoms with Crippen molar-refractivity contribution in [3.05, 3.63) is 75.9 Å². The predicted molar refractivity (Wildman–Crippen MR) is 106 cm³/mol. The molecule has 0 N–H and O–H groups in total. The molecule has 144 valence electrons. The Hall–Kier alpha value is -2.64. The van der Waals surface area contributed by atoms with Gasteiger partial charge in [-0.3, -0.25) is 4.99 Å². The Balaban J connectivity index is 1.75. The maximum atomic E-state index is 14.0. The number of nitrogens with zero attached hydrogens (tertiary/aromatic N) is 3. The van der Waals surface area contributed by atoms with Crippen molar-refractivity contribution in [2.45, 2.75) is 18.9 Å². The Morgan fingerprint density at radius 2 is 1.89 bits per heavy atom. The van der Waals surface area contributed by atoms with Crippen molar-refractivity contribution in [1.29, 1.82) is 0 Å². The van der Waals surface area contributed by atoms with E-state index in [4.69, 9.17) is 4.74 Å². The molecule has 0 bridgehead atoms. The Bertz CT molecular complexity index is 1020. The van der Waals surface area contributed by atoms with Crippen molar-refractivity contribution >= 4 is 17.6 Å². The molecule has 4 rings (SSSR count). The molecule has 0 amide bonds. The first kappa shape index (κ1) is 18.7. The topological polar surface area (TPSA) is 38.9 Å². The highest BCUT2D eigenvalue weighted by Crippen LogP contribution is 2.20. The van der Waals surface area contributed by atoms with E-state index in [0.717, 1.165) is 30.7 Å². The number of halogens is 2. The van der Waals surface area contributed by atoms with E-state index < -0.39 is 11.6 Å². The minimum Gasteiger partial charge on any atom is -0.376 e. The van der Waals surface area contributed by atoms with Gasteiger partial charge in [-0.1, -0.05) is 36.4 Å². The molecule has 2 heterocycles. The fraction of sp³-hybridized carbons (Fsp3) is 0.238. The minimum atomic E-state index is -0.654. The lowest BCUT2D eigenvalue weighted by Gasteiger charge is -2.06. The fourth-order valence-electron chi connectivity index (χ4n) is 3.04. The highest BCUT2D eigenvalue weighted by molar-refractivity contribution is 7.07. The Morgan fingerprint density at radius 1 is 1.11 bits per heavy atom. The van der Waals surface area contributed by atoms with Gasteiger partial charge in [-0.25, -0.2) is 13.5 Å². The summed E-state index contributed by atoms with van der Waals surface area (Å²) in [5.74, 6) is -1.31. The summed E-state index contributed by atoms with van der Waals surface area (Å²) < 4.78 is 35.2. The first-order valence-electron chi connectivity index (χ1n) is 9.09. The molecule has 1 aromatic heterocycles. The zero-order chi connectivity index (χ0) is 19.3. The van der Waals surface area contributed by atoms with Crippen LogP contribution in [-0.2, 0) is 4.74 Å². The van der Waals surface area contributed by atoms with Crippen LogP contribution in [0.25, 0.3) is 11.3 Å². The molecule has 1 atom stereocenters. The van der Waals surface area contributed by atoms with Gasteiger partial charge in [0.05, 0.1) is 30.1 Å². The van der Waals surface area contributed by atoms with E-state index in [9.17, 15) is 8.78 Å². The SMILES string of the molecule is Fc1cccc(F)c1C=Nn1c(-c2ccccc2)csc1=NC[C@H]1CCCO1. The number of rotatable bonds is 5. The van der Waals surface area contributed by atoms with Crippen LogP contribution in [0.3, 0.4) is 0 Å². The van der Waals surface area contributed by atoms with E-state index in [-0.39, 0.29) is 11.7 Å². The second-order valence-corrected chi connectivity index (χ2v) is 7.27. The number of ether oxygens (including phenoxy) is 1. The van der Waals surface area contributed by atoms with E-state index in [1.807, 2.05) is 35.7 Å². The lowest BCUT2D eigenvalue weighted by Crippen LogP contribution is -2.17. The van der Waals surface area contributed by atoms with Crippen LogP contribution in [0.4, 0.5) is 8.78 Å². The fourth-order valence-corrected chi connectivity index (χ4v) is 3.89. The average molecular weight is 399 g/mol. The van der Waals surface area contributed by atoms with Crippen LogP contribution in [-0.4, -0.2) is 30.1 Å². The number of thiazole rings is 1. The van der Waals surface area contributed by atoms with Crippen molar-refractivity contribution in [2.24, 2.45) is 10.1 Å². The second kappa shape index (κ2) is 8.58. The standard InChI is InChI=1S/C21H19F2N3OS/c22-18-9-4-10-19(23)17(18)13-25-26-20(15-6-2-1-3-7-15)14-28-21(26)24-12-16-8-5-11-27-16/h1-4,6-7,9-10,13-14,16H,5,8,11-12H2/t16-/m1/s1. The highest BCUT2D eigenvalue weighted by atomic mass is 32.1. The normalized spacial score (nSPS) is 17.6. The zero-order valence-corrected chi connectivity index (χ0v) is 15.9. The van der Waals surface area contributed by atoms with Gasteiger partial charge in [-0.15, -0.1) is 11.3 Å². The van der Waals surface area contributed by atoms with Crippen LogP contribution in [0.5, 0.6) is 0 Å². The van der Waals surface area contributed by atoms with Gasteiger partial charge in [-0.05, 0) is 25.0 Å². The lowest BCUT2D eigenvalue weighted by molar-refractivity contribution is 0.117. The second-order valence-electron chi connectivity index (χ2n) is 6.44. The highest BCUT2D eigenvalue weighted by Gasteiger charge is 2.15. The summed E-state index contributed by atoms with van der Waals surface area (Å²) >= 11 is 1.44. The van der Waals surface area contributed by atoms with E-state index in [0.29, 0.717) is 11.3 Å². The summed E-state index contributed by atoms with van der Waals surface area (Å²) in [7, 11) is 0. The molecule has 2 aromatic carbocycles.